The van der Waals surface area contributed by atoms with Crippen molar-refractivity contribution < 1.29 is 14.3 Å². The van der Waals surface area contributed by atoms with E-state index in [1.165, 1.54) is 0 Å². The lowest BCUT2D eigenvalue weighted by Gasteiger charge is -2.30. The lowest BCUT2D eigenvalue weighted by atomic mass is 9.86. The molecule has 0 aliphatic heterocycles. The molecule has 1 atom stereocenters. The Bertz CT molecular complexity index is 518. The fourth-order valence-corrected chi connectivity index (χ4v) is 2.07. The number of benzene rings is 1. The van der Waals surface area contributed by atoms with E-state index in [1.807, 2.05) is 51.1 Å². The molecule has 1 aromatic carbocycles. The summed E-state index contributed by atoms with van der Waals surface area (Å²) in [5, 5.41) is 5.62. The zero-order valence-corrected chi connectivity index (χ0v) is 13.4. The second kappa shape index (κ2) is 6.81. The molecule has 0 spiro atoms. The molecular weight excluding hydrogens is 280 g/mol. The number of amides is 2. The summed E-state index contributed by atoms with van der Waals surface area (Å²) in [4.78, 5) is 24.2. The minimum absolute atomic E-state index is 0.147. The Labute approximate surface area is 131 Å². The zero-order chi connectivity index (χ0) is 16.2. The number of hydrogen-bond donors (Lipinski definition) is 2. The predicted octanol–water partition coefficient (Wildman–Crippen LogP) is 2.61. The molecule has 0 unspecified atom stereocenters. The van der Waals surface area contributed by atoms with E-state index < -0.39 is 12.1 Å². The molecule has 1 aliphatic rings. The molecule has 5 heteroatoms. The predicted molar refractivity (Wildman–Crippen MR) is 84.2 cm³/mol. The number of carbonyl (C=O) groups is 2. The average molecular weight is 304 g/mol. The van der Waals surface area contributed by atoms with Crippen LogP contribution in [0.25, 0.3) is 0 Å². The summed E-state index contributed by atoms with van der Waals surface area (Å²) < 4.78 is 5.19. The van der Waals surface area contributed by atoms with Gasteiger partial charge in [0.25, 0.3) is 0 Å². The second-order valence-electron chi connectivity index (χ2n) is 6.79. The Morgan fingerprint density at radius 3 is 2.41 bits per heavy atom. The van der Waals surface area contributed by atoms with Gasteiger partial charge >= 0.3 is 6.09 Å². The molecule has 22 heavy (non-hydrogen) atoms. The van der Waals surface area contributed by atoms with E-state index in [9.17, 15) is 9.59 Å². The van der Waals surface area contributed by atoms with Crippen LogP contribution in [0.5, 0.6) is 0 Å². The standard InChI is InChI=1S/C17H24N2O3/c1-17(2,3)14(15(20)18-13-9-10-13)19-16(21)22-11-12-7-5-4-6-8-12/h4-8,13-14H,9-11H2,1-3H3,(H,18,20)(H,19,21)/t14-/m1/s1. The smallest absolute Gasteiger partial charge is 0.408 e. The highest BCUT2D eigenvalue weighted by Crippen LogP contribution is 2.23. The maximum atomic E-state index is 12.3. The topological polar surface area (TPSA) is 67.4 Å². The largest absolute Gasteiger partial charge is 0.445 e. The fourth-order valence-electron chi connectivity index (χ4n) is 2.07. The summed E-state index contributed by atoms with van der Waals surface area (Å²) in [6, 6.07) is 9.09. The molecule has 120 valence electrons. The molecule has 5 nitrogen and oxygen atoms in total. The van der Waals surface area contributed by atoms with Crippen molar-refractivity contribution >= 4 is 12.0 Å². The van der Waals surface area contributed by atoms with E-state index >= 15 is 0 Å². The molecule has 0 heterocycles. The number of ether oxygens (including phenoxy) is 1. The quantitative estimate of drug-likeness (QED) is 0.878. The molecule has 1 aliphatic carbocycles. The fraction of sp³-hybridized carbons (Fsp3) is 0.529. The molecule has 0 bridgehead atoms. The molecular formula is C17H24N2O3. The zero-order valence-electron chi connectivity index (χ0n) is 13.4. The average Bonchev–Trinajstić information content (AvgIpc) is 3.26. The number of alkyl carbamates (subject to hydrolysis) is 1. The van der Waals surface area contributed by atoms with E-state index in [-0.39, 0.29) is 24.0 Å². The van der Waals surface area contributed by atoms with Gasteiger partial charge in [-0.15, -0.1) is 0 Å². The Hall–Kier alpha value is -2.04. The van der Waals surface area contributed by atoms with Crippen molar-refractivity contribution in [2.24, 2.45) is 5.41 Å². The van der Waals surface area contributed by atoms with Crippen molar-refractivity contribution in [2.75, 3.05) is 0 Å². The molecule has 2 amide bonds. The van der Waals surface area contributed by atoms with Gasteiger partial charge in [-0.25, -0.2) is 4.79 Å². The summed E-state index contributed by atoms with van der Waals surface area (Å²) >= 11 is 0. The van der Waals surface area contributed by atoms with Gasteiger partial charge in [0.15, 0.2) is 0 Å². The van der Waals surface area contributed by atoms with Crippen LogP contribution in [0, 0.1) is 5.41 Å². The van der Waals surface area contributed by atoms with Crippen LogP contribution in [-0.2, 0) is 16.1 Å². The summed E-state index contributed by atoms with van der Waals surface area (Å²) in [5.41, 5.74) is 0.525. The van der Waals surface area contributed by atoms with Crippen molar-refractivity contribution in [3.05, 3.63) is 35.9 Å². The highest BCUT2D eigenvalue weighted by Gasteiger charge is 2.36. The van der Waals surface area contributed by atoms with E-state index in [0.29, 0.717) is 0 Å². The van der Waals surface area contributed by atoms with Gasteiger partial charge in [0.1, 0.15) is 12.6 Å². The lowest BCUT2D eigenvalue weighted by Crippen LogP contribution is -2.54. The maximum absolute atomic E-state index is 12.3. The number of nitrogens with one attached hydrogen (secondary N) is 2. The first kappa shape index (κ1) is 16.3. The lowest BCUT2D eigenvalue weighted by molar-refractivity contribution is -0.125. The van der Waals surface area contributed by atoms with Crippen LogP contribution >= 0.6 is 0 Å². The van der Waals surface area contributed by atoms with Crippen molar-refractivity contribution in [1.82, 2.24) is 10.6 Å². The molecule has 2 N–H and O–H groups in total. The molecule has 1 fully saturated rings. The Balaban J connectivity index is 1.88. The minimum Gasteiger partial charge on any atom is -0.445 e. The van der Waals surface area contributed by atoms with Crippen LogP contribution in [0.3, 0.4) is 0 Å². The minimum atomic E-state index is -0.614. The van der Waals surface area contributed by atoms with Crippen LogP contribution in [-0.4, -0.2) is 24.1 Å². The van der Waals surface area contributed by atoms with Crippen molar-refractivity contribution in [1.29, 1.82) is 0 Å². The summed E-state index contributed by atoms with van der Waals surface area (Å²) in [5.74, 6) is -0.147. The molecule has 0 saturated heterocycles. The highest BCUT2D eigenvalue weighted by molar-refractivity contribution is 5.86. The third-order valence-corrected chi connectivity index (χ3v) is 3.53. The van der Waals surface area contributed by atoms with Crippen LogP contribution < -0.4 is 10.6 Å². The Kier molecular flexibility index (Phi) is 5.06. The molecule has 1 aromatic rings. The van der Waals surface area contributed by atoms with Gasteiger partial charge in [0.2, 0.25) is 5.91 Å². The van der Waals surface area contributed by atoms with Gasteiger partial charge in [-0.1, -0.05) is 51.1 Å². The van der Waals surface area contributed by atoms with Crippen LogP contribution in [0.2, 0.25) is 0 Å². The van der Waals surface area contributed by atoms with Gasteiger partial charge in [-0.3, -0.25) is 4.79 Å². The second-order valence-corrected chi connectivity index (χ2v) is 6.79. The van der Waals surface area contributed by atoms with Crippen molar-refractivity contribution in [3.8, 4) is 0 Å². The van der Waals surface area contributed by atoms with Crippen molar-refractivity contribution in [2.45, 2.75) is 52.3 Å². The summed E-state index contributed by atoms with van der Waals surface area (Å²) in [6.07, 6.45) is 1.46. The van der Waals surface area contributed by atoms with E-state index in [2.05, 4.69) is 10.6 Å². The van der Waals surface area contributed by atoms with Crippen molar-refractivity contribution in [3.63, 3.8) is 0 Å². The number of carbonyl (C=O) groups excluding carboxylic acids is 2. The molecule has 2 rings (SSSR count). The van der Waals surface area contributed by atoms with E-state index in [1.54, 1.807) is 0 Å². The van der Waals surface area contributed by atoms with E-state index in [0.717, 1.165) is 18.4 Å². The first-order valence-electron chi connectivity index (χ1n) is 7.64. The first-order valence-corrected chi connectivity index (χ1v) is 7.64. The maximum Gasteiger partial charge on any atom is 0.408 e. The van der Waals surface area contributed by atoms with Gasteiger partial charge in [0.05, 0.1) is 0 Å². The normalized spacial score (nSPS) is 15.8. The van der Waals surface area contributed by atoms with Gasteiger partial charge < -0.3 is 15.4 Å². The summed E-state index contributed by atoms with van der Waals surface area (Å²) in [6.45, 7) is 5.94. The molecule has 1 saturated carbocycles. The van der Waals surface area contributed by atoms with Crippen LogP contribution in [0.15, 0.2) is 30.3 Å². The Morgan fingerprint density at radius 1 is 1.23 bits per heavy atom. The van der Waals surface area contributed by atoms with Crippen LogP contribution in [0.1, 0.15) is 39.2 Å². The van der Waals surface area contributed by atoms with Gasteiger partial charge in [-0.05, 0) is 23.8 Å². The SMILES string of the molecule is CC(C)(C)[C@H](NC(=O)OCc1ccccc1)C(=O)NC1CC1. The third-order valence-electron chi connectivity index (χ3n) is 3.53. The molecule has 0 radical (unpaired) electrons. The monoisotopic (exact) mass is 304 g/mol. The number of rotatable bonds is 5. The highest BCUT2D eigenvalue weighted by atomic mass is 16.5. The summed E-state index contributed by atoms with van der Waals surface area (Å²) in [7, 11) is 0. The van der Waals surface area contributed by atoms with Gasteiger partial charge in [-0.2, -0.15) is 0 Å². The first-order chi connectivity index (χ1) is 10.4. The van der Waals surface area contributed by atoms with E-state index in [4.69, 9.17) is 4.74 Å². The van der Waals surface area contributed by atoms with Crippen LogP contribution in [0.4, 0.5) is 4.79 Å². The third kappa shape index (κ3) is 5.06. The number of hydrogen-bond acceptors (Lipinski definition) is 3. The Morgan fingerprint density at radius 2 is 1.86 bits per heavy atom. The van der Waals surface area contributed by atoms with Gasteiger partial charge in [0, 0.05) is 6.04 Å². The molecule has 0 aromatic heterocycles.